The highest BCUT2D eigenvalue weighted by atomic mass is 35.5. The van der Waals surface area contributed by atoms with E-state index in [4.69, 9.17) is 11.6 Å². The maximum absolute atomic E-state index is 9.84. The van der Waals surface area contributed by atoms with Gasteiger partial charge in [-0.2, -0.15) is 0 Å². The van der Waals surface area contributed by atoms with E-state index < -0.39 is 0 Å². The fraction of sp³-hybridized carbons (Fsp3) is 0.600. The second kappa shape index (κ2) is 5.60. The summed E-state index contributed by atoms with van der Waals surface area (Å²) in [5.41, 5.74) is 1.15. The molecule has 0 aliphatic carbocycles. The van der Waals surface area contributed by atoms with E-state index in [-0.39, 0.29) is 12.0 Å². The Balaban J connectivity index is 2.16. The van der Waals surface area contributed by atoms with Gasteiger partial charge in [0.1, 0.15) is 0 Å². The standard InChI is InChI=1S/C15H22ClNO/c1-12(2)17-9-7-15(11-18,8-10-17)13-3-5-14(16)6-4-13/h3-6,12,18H,7-11H2,1-2H3. The lowest BCUT2D eigenvalue weighted by molar-refractivity contribution is 0.0849. The van der Waals surface area contributed by atoms with Crippen LogP contribution in [0.4, 0.5) is 0 Å². The van der Waals surface area contributed by atoms with Crippen LogP contribution in [0.2, 0.25) is 5.02 Å². The molecule has 1 heterocycles. The number of aliphatic hydroxyl groups excluding tert-OH is 1. The van der Waals surface area contributed by atoms with Crippen molar-refractivity contribution in [2.45, 2.75) is 38.1 Å². The van der Waals surface area contributed by atoms with E-state index in [0.717, 1.165) is 31.0 Å². The Labute approximate surface area is 115 Å². The van der Waals surface area contributed by atoms with E-state index in [9.17, 15) is 5.11 Å². The van der Waals surface area contributed by atoms with Gasteiger partial charge in [0.05, 0.1) is 6.61 Å². The molecule has 1 aliphatic heterocycles. The first-order valence-electron chi connectivity index (χ1n) is 6.68. The molecule has 1 saturated heterocycles. The van der Waals surface area contributed by atoms with Crippen LogP contribution in [0.5, 0.6) is 0 Å². The SMILES string of the molecule is CC(C)N1CCC(CO)(c2ccc(Cl)cc2)CC1. The molecule has 1 aliphatic rings. The summed E-state index contributed by atoms with van der Waals surface area (Å²) in [4.78, 5) is 2.48. The Hall–Kier alpha value is -0.570. The minimum atomic E-state index is -0.0734. The van der Waals surface area contributed by atoms with E-state index in [1.807, 2.05) is 12.1 Å². The van der Waals surface area contributed by atoms with Gasteiger partial charge < -0.3 is 10.0 Å². The molecule has 0 atom stereocenters. The van der Waals surface area contributed by atoms with E-state index in [2.05, 4.69) is 30.9 Å². The number of nitrogens with zero attached hydrogens (tertiary/aromatic N) is 1. The highest BCUT2D eigenvalue weighted by molar-refractivity contribution is 6.30. The average Bonchev–Trinajstić information content (AvgIpc) is 2.39. The number of benzene rings is 1. The van der Waals surface area contributed by atoms with E-state index in [1.165, 1.54) is 5.56 Å². The molecular weight excluding hydrogens is 246 g/mol. The molecule has 0 radical (unpaired) electrons. The van der Waals surface area contributed by atoms with Crippen molar-refractivity contribution < 1.29 is 5.11 Å². The maximum atomic E-state index is 9.84. The lowest BCUT2D eigenvalue weighted by atomic mass is 9.73. The number of hydrogen-bond acceptors (Lipinski definition) is 2. The van der Waals surface area contributed by atoms with Crippen molar-refractivity contribution in [3.8, 4) is 0 Å². The van der Waals surface area contributed by atoms with Crippen LogP contribution in [-0.4, -0.2) is 35.7 Å². The van der Waals surface area contributed by atoms with Gasteiger partial charge in [0, 0.05) is 16.5 Å². The molecule has 18 heavy (non-hydrogen) atoms. The van der Waals surface area contributed by atoms with Crippen molar-refractivity contribution >= 4 is 11.6 Å². The molecule has 1 aromatic carbocycles. The number of hydrogen-bond donors (Lipinski definition) is 1. The molecule has 3 heteroatoms. The van der Waals surface area contributed by atoms with Crippen LogP contribution >= 0.6 is 11.6 Å². The number of likely N-dealkylation sites (tertiary alicyclic amines) is 1. The van der Waals surface area contributed by atoms with E-state index in [1.54, 1.807) is 0 Å². The summed E-state index contributed by atoms with van der Waals surface area (Å²) in [6.45, 7) is 6.80. The van der Waals surface area contributed by atoms with E-state index >= 15 is 0 Å². The average molecular weight is 268 g/mol. The number of piperidine rings is 1. The predicted molar refractivity (Wildman–Crippen MR) is 76.2 cm³/mol. The first-order chi connectivity index (χ1) is 8.57. The topological polar surface area (TPSA) is 23.5 Å². The van der Waals surface area contributed by atoms with Crippen molar-refractivity contribution in [3.05, 3.63) is 34.9 Å². The summed E-state index contributed by atoms with van der Waals surface area (Å²) in [7, 11) is 0. The monoisotopic (exact) mass is 267 g/mol. The Morgan fingerprint density at radius 1 is 1.22 bits per heavy atom. The van der Waals surface area contributed by atoms with Crippen LogP contribution in [-0.2, 0) is 5.41 Å². The molecule has 100 valence electrons. The van der Waals surface area contributed by atoms with Crippen molar-refractivity contribution in [1.29, 1.82) is 0 Å². The second-order valence-electron chi connectivity index (χ2n) is 5.58. The van der Waals surface area contributed by atoms with Crippen LogP contribution in [0.25, 0.3) is 0 Å². The van der Waals surface area contributed by atoms with Gasteiger partial charge in [-0.1, -0.05) is 23.7 Å². The third kappa shape index (κ3) is 2.71. The first-order valence-corrected chi connectivity index (χ1v) is 7.06. The van der Waals surface area contributed by atoms with Crippen molar-refractivity contribution in [2.24, 2.45) is 0 Å². The molecule has 0 saturated carbocycles. The van der Waals surface area contributed by atoms with Gasteiger partial charge >= 0.3 is 0 Å². The Morgan fingerprint density at radius 3 is 2.22 bits per heavy atom. The van der Waals surface area contributed by atoms with Crippen LogP contribution in [0.15, 0.2) is 24.3 Å². The van der Waals surface area contributed by atoms with Gasteiger partial charge in [-0.15, -0.1) is 0 Å². The first kappa shape index (κ1) is 13.9. The quantitative estimate of drug-likeness (QED) is 0.910. The minimum absolute atomic E-state index is 0.0734. The molecule has 1 aromatic rings. The number of aliphatic hydroxyl groups is 1. The van der Waals surface area contributed by atoms with Crippen molar-refractivity contribution in [2.75, 3.05) is 19.7 Å². The highest BCUT2D eigenvalue weighted by Crippen LogP contribution is 2.36. The zero-order valence-electron chi connectivity index (χ0n) is 11.2. The number of halogens is 1. The zero-order chi connectivity index (χ0) is 13.2. The molecule has 0 unspecified atom stereocenters. The molecule has 1 fully saturated rings. The van der Waals surface area contributed by atoms with Crippen molar-refractivity contribution in [3.63, 3.8) is 0 Å². The molecule has 0 bridgehead atoms. The molecule has 2 nitrogen and oxygen atoms in total. The van der Waals surface area contributed by atoms with Gasteiger partial charge in [0.25, 0.3) is 0 Å². The molecular formula is C15H22ClNO. The Bertz CT molecular complexity index is 380. The van der Waals surface area contributed by atoms with E-state index in [0.29, 0.717) is 6.04 Å². The summed E-state index contributed by atoms with van der Waals surface area (Å²) >= 11 is 5.93. The fourth-order valence-corrected chi connectivity index (χ4v) is 2.94. The Morgan fingerprint density at radius 2 is 1.78 bits per heavy atom. The van der Waals surface area contributed by atoms with Gasteiger partial charge in [0.2, 0.25) is 0 Å². The van der Waals surface area contributed by atoms with Gasteiger partial charge in [-0.3, -0.25) is 0 Å². The molecule has 0 aromatic heterocycles. The molecule has 2 rings (SSSR count). The molecule has 1 N–H and O–H groups in total. The van der Waals surface area contributed by atoms with Gasteiger partial charge in [0.15, 0.2) is 0 Å². The summed E-state index contributed by atoms with van der Waals surface area (Å²) in [5.74, 6) is 0. The smallest absolute Gasteiger partial charge is 0.0528 e. The van der Waals surface area contributed by atoms with Crippen molar-refractivity contribution in [1.82, 2.24) is 4.90 Å². The summed E-state index contributed by atoms with van der Waals surface area (Å²) in [6.07, 6.45) is 2.03. The lowest BCUT2D eigenvalue weighted by Gasteiger charge is -2.42. The molecule has 0 spiro atoms. The summed E-state index contributed by atoms with van der Waals surface area (Å²) in [5, 5.41) is 10.6. The second-order valence-corrected chi connectivity index (χ2v) is 6.01. The summed E-state index contributed by atoms with van der Waals surface area (Å²) < 4.78 is 0. The minimum Gasteiger partial charge on any atom is -0.395 e. The highest BCUT2D eigenvalue weighted by Gasteiger charge is 2.36. The van der Waals surface area contributed by atoms with Gasteiger partial charge in [-0.25, -0.2) is 0 Å². The largest absolute Gasteiger partial charge is 0.395 e. The third-order valence-corrected chi connectivity index (χ3v) is 4.50. The molecule has 0 amide bonds. The fourth-order valence-electron chi connectivity index (χ4n) is 2.81. The van der Waals surface area contributed by atoms with Crippen LogP contribution in [0.3, 0.4) is 0 Å². The van der Waals surface area contributed by atoms with Crippen LogP contribution in [0, 0.1) is 0 Å². The predicted octanol–water partition coefficient (Wildman–Crippen LogP) is 3.07. The van der Waals surface area contributed by atoms with Crippen LogP contribution in [0.1, 0.15) is 32.3 Å². The number of rotatable bonds is 3. The normalized spacial score (nSPS) is 20.3. The summed E-state index contributed by atoms with van der Waals surface area (Å²) in [6, 6.07) is 8.55. The van der Waals surface area contributed by atoms with Crippen LogP contribution < -0.4 is 0 Å². The third-order valence-electron chi connectivity index (χ3n) is 4.24. The lowest BCUT2D eigenvalue weighted by Crippen LogP contribution is -2.47. The maximum Gasteiger partial charge on any atom is 0.0528 e. The van der Waals surface area contributed by atoms with Gasteiger partial charge in [-0.05, 0) is 57.5 Å². The Kier molecular flexibility index (Phi) is 4.31. The zero-order valence-corrected chi connectivity index (χ0v) is 12.0.